The summed E-state index contributed by atoms with van der Waals surface area (Å²) in [4.78, 5) is 17.2. The van der Waals surface area contributed by atoms with E-state index in [4.69, 9.17) is 10.4 Å². The summed E-state index contributed by atoms with van der Waals surface area (Å²) in [5.74, 6) is 0.176. The van der Waals surface area contributed by atoms with E-state index < -0.39 is 0 Å². The summed E-state index contributed by atoms with van der Waals surface area (Å²) in [6.45, 7) is -0.0327. The smallest absolute Gasteiger partial charge is 0.260 e. The van der Waals surface area contributed by atoms with Crippen molar-refractivity contribution in [2.24, 2.45) is 5.10 Å². The zero-order valence-electron chi connectivity index (χ0n) is 16.3. The number of aromatic nitrogens is 4. The van der Waals surface area contributed by atoms with Crippen LogP contribution in [0.25, 0.3) is 33.3 Å². The molecular weight excluding hydrogens is 394 g/mol. The van der Waals surface area contributed by atoms with Crippen molar-refractivity contribution < 1.29 is 9.42 Å². The van der Waals surface area contributed by atoms with Crippen LogP contribution in [0.5, 0.6) is 0 Å². The molecule has 0 atom stereocenters. The minimum absolute atomic E-state index is 0.0327. The Labute approximate surface area is 176 Å². The number of benzene rings is 3. The summed E-state index contributed by atoms with van der Waals surface area (Å²) < 4.78 is 6.40. The Morgan fingerprint density at radius 2 is 1.87 bits per heavy atom. The second-order valence-corrected chi connectivity index (χ2v) is 6.87. The highest BCUT2D eigenvalue weighted by Crippen LogP contribution is 2.26. The normalized spacial score (nSPS) is 11.5. The molecule has 0 saturated heterocycles. The molecule has 0 unspecified atom stereocenters. The van der Waals surface area contributed by atoms with Crippen LogP contribution >= 0.6 is 0 Å². The molecule has 2 aromatic heterocycles. The van der Waals surface area contributed by atoms with E-state index in [1.165, 1.54) is 0 Å². The molecule has 3 N–H and O–H groups in total. The Morgan fingerprint density at radius 3 is 2.74 bits per heavy atom. The zero-order chi connectivity index (χ0) is 21.2. The standard InChI is InChI=1S/C22H17N7O2/c23-21-20(27-31-28-21)22-25-17-10-3-4-11-18(17)29(22)13-19(30)26-24-12-15-8-5-7-14-6-1-2-9-16(14)15/h1-12H,13H2,(H2,23,28)(H,26,30)/b24-12-. The molecule has 31 heavy (non-hydrogen) atoms. The molecule has 1 amide bonds. The summed E-state index contributed by atoms with van der Waals surface area (Å²) in [6, 6.07) is 21.3. The molecule has 9 nitrogen and oxygen atoms in total. The quantitative estimate of drug-likeness (QED) is 0.338. The lowest BCUT2D eigenvalue weighted by atomic mass is 10.1. The minimum atomic E-state index is -0.323. The maximum atomic E-state index is 12.7. The van der Waals surface area contributed by atoms with Gasteiger partial charge in [0.2, 0.25) is 0 Å². The molecule has 0 fully saturated rings. The number of carbonyl (C=O) groups is 1. The number of anilines is 1. The highest BCUT2D eigenvalue weighted by Gasteiger charge is 2.20. The molecule has 0 aliphatic heterocycles. The predicted molar refractivity (Wildman–Crippen MR) is 117 cm³/mol. The van der Waals surface area contributed by atoms with Gasteiger partial charge in [0, 0.05) is 5.56 Å². The number of hydrogen-bond donors (Lipinski definition) is 2. The number of hydrogen-bond acceptors (Lipinski definition) is 7. The number of imidazole rings is 1. The average Bonchev–Trinajstić information content (AvgIpc) is 3.37. The van der Waals surface area contributed by atoms with Gasteiger partial charge in [0.25, 0.3) is 5.91 Å². The Bertz CT molecular complexity index is 1430. The van der Waals surface area contributed by atoms with Crippen LogP contribution in [-0.4, -0.2) is 32.0 Å². The first-order valence-corrected chi connectivity index (χ1v) is 9.54. The lowest BCUT2D eigenvalue weighted by molar-refractivity contribution is -0.121. The van der Waals surface area contributed by atoms with E-state index in [2.05, 4.69) is 25.8 Å². The van der Waals surface area contributed by atoms with Gasteiger partial charge < -0.3 is 10.3 Å². The van der Waals surface area contributed by atoms with E-state index in [0.717, 1.165) is 21.9 Å². The van der Waals surface area contributed by atoms with E-state index in [0.29, 0.717) is 11.3 Å². The SMILES string of the molecule is Nc1nonc1-c1nc2ccccc2n1CC(=O)N/N=C\c1cccc2ccccc12. The summed E-state index contributed by atoms with van der Waals surface area (Å²) >= 11 is 0. The molecule has 152 valence electrons. The number of nitrogen functional groups attached to an aromatic ring is 1. The third-order valence-corrected chi connectivity index (χ3v) is 4.90. The van der Waals surface area contributed by atoms with Crippen molar-refractivity contribution in [1.82, 2.24) is 25.3 Å². The second kappa shape index (κ2) is 7.71. The largest absolute Gasteiger partial charge is 0.379 e. The first kappa shape index (κ1) is 18.5. The van der Waals surface area contributed by atoms with Crippen LogP contribution in [0.15, 0.2) is 76.5 Å². The molecule has 3 aromatic carbocycles. The fourth-order valence-corrected chi connectivity index (χ4v) is 3.48. The molecule has 0 spiro atoms. The zero-order valence-corrected chi connectivity index (χ0v) is 16.3. The van der Waals surface area contributed by atoms with E-state index in [1.54, 1.807) is 10.8 Å². The van der Waals surface area contributed by atoms with Gasteiger partial charge in [-0.1, -0.05) is 54.6 Å². The molecule has 5 aromatic rings. The number of nitrogens with two attached hydrogens (primary N) is 1. The van der Waals surface area contributed by atoms with Crippen molar-refractivity contribution in [2.45, 2.75) is 6.54 Å². The van der Waals surface area contributed by atoms with E-state index in [9.17, 15) is 4.79 Å². The predicted octanol–water partition coefficient (Wildman–Crippen LogP) is 2.97. The topological polar surface area (TPSA) is 124 Å². The number of nitrogens with zero attached hydrogens (tertiary/aromatic N) is 5. The molecule has 0 radical (unpaired) electrons. The monoisotopic (exact) mass is 411 g/mol. The van der Waals surface area contributed by atoms with E-state index in [1.807, 2.05) is 66.7 Å². The lowest BCUT2D eigenvalue weighted by Gasteiger charge is -2.07. The highest BCUT2D eigenvalue weighted by atomic mass is 16.6. The van der Waals surface area contributed by atoms with Gasteiger partial charge in [-0.05, 0) is 33.2 Å². The number of amides is 1. The minimum Gasteiger partial charge on any atom is -0.379 e. The van der Waals surface area contributed by atoms with E-state index in [-0.39, 0.29) is 24.0 Å². The van der Waals surface area contributed by atoms with Gasteiger partial charge in [-0.15, -0.1) is 0 Å². The third kappa shape index (κ3) is 3.48. The second-order valence-electron chi connectivity index (χ2n) is 6.87. The summed E-state index contributed by atoms with van der Waals surface area (Å²) in [6.07, 6.45) is 1.63. The summed E-state index contributed by atoms with van der Waals surface area (Å²) in [5, 5.41) is 13.7. The van der Waals surface area contributed by atoms with Crippen LogP contribution in [-0.2, 0) is 11.3 Å². The number of hydrazone groups is 1. The highest BCUT2D eigenvalue weighted by molar-refractivity contribution is 6.00. The first-order chi connectivity index (χ1) is 15.2. The van der Waals surface area contributed by atoms with Crippen LogP contribution in [0.4, 0.5) is 5.82 Å². The molecule has 2 heterocycles. The van der Waals surface area contributed by atoms with Gasteiger partial charge in [0.05, 0.1) is 17.2 Å². The van der Waals surface area contributed by atoms with Crippen molar-refractivity contribution in [3.8, 4) is 11.5 Å². The van der Waals surface area contributed by atoms with Crippen LogP contribution in [0.1, 0.15) is 5.56 Å². The van der Waals surface area contributed by atoms with Gasteiger partial charge >= 0.3 is 0 Å². The van der Waals surface area contributed by atoms with Crippen molar-refractivity contribution in [2.75, 3.05) is 5.73 Å². The van der Waals surface area contributed by atoms with Gasteiger partial charge in [0.1, 0.15) is 6.54 Å². The van der Waals surface area contributed by atoms with Gasteiger partial charge in [-0.3, -0.25) is 4.79 Å². The number of nitrogens with one attached hydrogen (secondary N) is 1. The maximum absolute atomic E-state index is 12.7. The van der Waals surface area contributed by atoms with Crippen LogP contribution < -0.4 is 11.2 Å². The Kier molecular flexibility index (Phi) is 4.60. The summed E-state index contributed by atoms with van der Waals surface area (Å²) in [5.41, 5.74) is 11.1. The molecule has 0 aliphatic carbocycles. The van der Waals surface area contributed by atoms with Gasteiger partial charge in [-0.25, -0.2) is 15.0 Å². The number of para-hydroxylation sites is 2. The van der Waals surface area contributed by atoms with Gasteiger partial charge in [-0.2, -0.15) is 5.10 Å². The molecular formula is C22H17N7O2. The molecule has 0 aliphatic rings. The van der Waals surface area contributed by atoms with Crippen molar-refractivity contribution in [3.63, 3.8) is 0 Å². The van der Waals surface area contributed by atoms with Crippen LogP contribution in [0, 0.1) is 0 Å². The van der Waals surface area contributed by atoms with Crippen molar-refractivity contribution in [3.05, 3.63) is 72.3 Å². The molecule has 5 rings (SSSR count). The lowest BCUT2D eigenvalue weighted by Crippen LogP contribution is -2.23. The van der Waals surface area contributed by atoms with E-state index >= 15 is 0 Å². The molecule has 0 bridgehead atoms. The Morgan fingerprint density at radius 1 is 1.06 bits per heavy atom. The maximum Gasteiger partial charge on any atom is 0.260 e. The van der Waals surface area contributed by atoms with Crippen molar-refractivity contribution in [1.29, 1.82) is 0 Å². The Hall–Kier alpha value is -4.53. The molecule has 9 heteroatoms. The number of fused-ring (bicyclic) bond motifs is 2. The number of rotatable bonds is 5. The Balaban J connectivity index is 1.41. The molecule has 0 saturated carbocycles. The fourth-order valence-electron chi connectivity index (χ4n) is 3.48. The van der Waals surface area contributed by atoms with Crippen LogP contribution in [0.2, 0.25) is 0 Å². The fraction of sp³-hybridized carbons (Fsp3) is 0.0455. The average molecular weight is 411 g/mol. The first-order valence-electron chi connectivity index (χ1n) is 9.54. The van der Waals surface area contributed by atoms with Gasteiger partial charge in [0.15, 0.2) is 17.3 Å². The van der Waals surface area contributed by atoms with Crippen molar-refractivity contribution >= 4 is 39.7 Å². The third-order valence-electron chi connectivity index (χ3n) is 4.90. The van der Waals surface area contributed by atoms with Crippen LogP contribution in [0.3, 0.4) is 0 Å². The number of carbonyl (C=O) groups excluding carboxylic acids is 1. The summed E-state index contributed by atoms with van der Waals surface area (Å²) in [7, 11) is 0.